The third kappa shape index (κ3) is 2.65. The quantitative estimate of drug-likeness (QED) is 0.894. The van der Waals surface area contributed by atoms with E-state index in [-0.39, 0.29) is 5.76 Å². The molecule has 2 aromatic rings. The summed E-state index contributed by atoms with van der Waals surface area (Å²) in [4.78, 5) is 17.4. The van der Waals surface area contributed by atoms with Crippen molar-refractivity contribution in [3.05, 3.63) is 40.9 Å². The normalized spacial score (nSPS) is 23.6. The summed E-state index contributed by atoms with van der Waals surface area (Å²) in [6.07, 6.45) is 1.10. The third-order valence-electron chi connectivity index (χ3n) is 5.05. The fourth-order valence-electron chi connectivity index (χ4n) is 3.55. The van der Waals surface area contributed by atoms with Crippen molar-refractivity contribution in [3.8, 4) is 0 Å². The largest absolute Gasteiger partial charge is 0.475 e. The molecular weight excluding hydrogens is 332 g/mol. The number of carbonyl (C=O) groups is 1. The lowest BCUT2D eigenvalue weighted by Crippen LogP contribution is -2.28. The number of carboxylic acids is 1. The summed E-state index contributed by atoms with van der Waals surface area (Å²) in [5.74, 6) is -4.22. The number of aromatic carboxylic acids is 1. The van der Waals surface area contributed by atoms with Crippen LogP contribution < -0.4 is 4.90 Å². The van der Waals surface area contributed by atoms with Crippen molar-refractivity contribution in [2.45, 2.75) is 25.7 Å². The molecule has 6 nitrogen and oxygen atoms in total. The first kappa shape index (κ1) is 16.0. The molecule has 2 aliphatic rings. The van der Waals surface area contributed by atoms with Crippen LogP contribution in [0.3, 0.4) is 0 Å². The number of carboxylic acid groups (broad SMARTS) is 1. The van der Waals surface area contributed by atoms with Gasteiger partial charge in [-0.2, -0.15) is 0 Å². The highest BCUT2D eigenvalue weighted by Crippen LogP contribution is 2.59. The number of fused-ring (bicyclic) bond motifs is 1. The van der Waals surface area contributed by atoms with Crippen LogP contribution in [0.4, 0.5) is 14.6 Å². The van der Waals surface area contributed by atoms with Crippen molar-refractivity contribution in [1.29, 1.82) is 0 Å². The van der Waals surface area contributed by atoms with Gasteiger partial charge in [-0.1, -0.05) is 18.1 Å². The summed E-state index contributed by atoms with van der Waals surface area (Å²) >= 11 is 0. The number of pyridine rings is 1. The van der Waals surface area contributed by atoms with Gasteiger partial charge in [-0.25, -0.2) is 18.6 Å². The lowest BCUT2D eigenvalue weighted by Gasteiger charge is -2.22. The maximum absolute atomic E-state index is 13.3. The summed E-state index contributed by atoms with van der Waals surface area (Å²) in [7, 11) is 0. The Bertz CT molecular complexity index is 822. The lowest BCUT2D eigenvalue weighted by molar-refractivity contribution is 0.0651. The standard InChI is InChI=1S/C17H17F2N3O3/c1-2-13-9(5-10-6-14(16(23)24)25-21-10)3-4-15(20-13)22-7-11-12(8-22)17(11,18)19/h3-4,6,11-12H,2,5,7-8H2,1H3,(H,23,24). The zero-order valence-electron chi connectivity index (χ0n) is 13.6. The monoisotopic (exact) mass is 349 g/mol. The number of halogens is 2. The molecule has 8 heteroatoms. The van der Waals surface area contributed by atoms with E-state index in [9.17, 15) is 13.6 Å². The molecular formula is C17H17F2N3O3. The SMILES string of the molecule is CCc1nc(N2CC3C(C2)C3(F)F)ccc1Cc1cc(C(=O)O)on1. The third-order valence-corrected chi connectivity index (χ3v) is 5.05. The number of alkyl halides is 2. The Morgan fingerprint density at radius 3 is 2.72 bits per heavy atom. The average molecular weight is 349 g/mol. The minimum atomic E-state index is -2.50. The van der Waals surface area contributed by atoms with Gasteiger partial charge in [0, 0.05) is 31.3 Å². The van der Waals surface area contributed by atoms with Gasteiger partial charge in [-0.05, 0) is 18.1 Å². The van der Waals surface area contributed by atoms with E-state index in [4.69, 9.17) is 9.63 Å². The number of piperidine rings is 1. The molecule has 0 spiro atoms. The number of anilines is 1. The number of hydrogen-bond donors (Lipinski definition) is 1. The summed E-state index contributed by atoms with van der Waals surface area (Å²) in [5, 5.41) is 12.6. The Balaban J connectivity index is 1.51. The van der Waals surface area contributed by atoms with E-state index in [1.54, 1.807) is 0 Å². The first-order valence-electron chi connectivity index (χ1n) is 8.20. The minimum absolute atomic E-state index is 0.199. The van der Waals surface area contributed by atoms with Crippen LogP contribution in [0.5, 0.6) is 0 Å². The van der Waals surface area contributed by atoms with E-state index in [0.29, 0.717) is 31.6 Å². The van der Waals surface area contributed by atoms with E-state index in [0.717, 1.165) is 17.1 Å². The van der Waals surface area contributed by atoms with Crippen molar-refractivity contribution in [2.24, 2.45) is 11.8 Å². The van der Waals surface area contributed by atoms with Crippen LogP contribution in [-0.2, 0) is 12.8 Å². The van der Waals surface area contributed by atoms with Crippen LogP contribution in [0.25, 0.3) is 0 Å². The van der Waals surface area contributed by atoms with Gasteiger partial charge in [0.15, 0.2) is 0 Å². The number of rotatable bonds is 5. The lowest BCUT2D eigenvalue weighted by atomic mass is 10.1. The van der Waals surface area contributed by atoms with E-state index in [2.05, 4.69) is 10.1 Å². The van der Waals surface area contributed by atoms with Gasteiger partial charge in [0.2, 0.25) is 5.76 Å². The summed E-state index contributed by atoms with van der Waals surface area (Å²) in [6.45, 7) is 2.66. The van der Waals surface area contributed by atoms with E-state index in [1.165, 1.54) is 6.07 Å². The second-order valence-corrected chi connectivity index (χ2v) is 6.59. The van der Waals surface area contributed by atoms with Gasteiger partial charge in [0.1, 0.15) is 5.82 Å². The van der Waals surface area contributed by atoms with Crippen molar-refractivity contribution in [2.75, 3.05) is 18.0 Å². The van der Waals surface area contributed by atoms with Gasteiger partial charge in [0.05, 0.1) is 17.5 Å². The van der Waals surface area contributed by atoms with Crippen molar-refractivity contribution < 1.29 is 23.2 Å². The molecule has 3 heterocycles. The molecule has 132 valence electrons. The predicted molar refractivity (Wildman–Crippen MR) is 84.0 cm³/mol. The maximum Gasteiger partial charge on any atom is 0.374 e. The molecule has 1 saturated carbocycles. The molecule has 0 amide bonds. The van der Waals surface area contributed by atoms with Gasteiger partial charge < -0.3 is 14.5 Å². The molecule has 1 saturated heterocycles. The maximum atomic E-state index is 13.3. The second-order valence-electron chi connectivity index (χ2n) is 6.59. The fraction of sp³-hybridized carbons (Fsp3) is 0.471. The van der Waals surface area contributed by atoms with Crippen molar-refractivity contribution in [1.82, 2.24) is 10.1 Å². The molecule has 0 aromatic carbocycles. The summed E-state index contributed by atoms with van der Waals surface area (Å²) in [6, 6.07) is 5.12. The van der Waals surface area contributed by atoms with Gasteiger partial charge >= 0.3 is 5.97 Å². The Morgan fingerprint density at radius 2 is 2.12 bits per heavy atom. The number of hydrogen-bond acceptors (Lipinski definition) is 5. The summed E-state index contributed by atoms with van der Waals surface area (Å²) < 4.78 is 31.4. The molecule has 25 heavy (non-hydrogen) atoms. The van der Waals surface area contributed by atoms with Crippen LogP contribution in [0.2, 0.25) is 0 Å². The van der Waals surface area contributed by atoms with E-state index in [1.807, 2.05) is 24.0 Å². The number of aromatic nitrogens is 2. The summed E-state index contributed by atoms with van der Waals surface area (Å²) in [5.41, 5.74) is 2.29. The van der Waals surface area contributed by atoms with Crippen LogP contribution in [0, 0.1) is 11.8 Å². The van der Waals surface area contributed by atoms with Gasteiger partial charge in [-0.15, -0.1) is 0 Å². The second kappa shape index (κ2) is 5.50. The van der Waals surface area contributed by atoms with Crippen molar-refractivity contribution in [3.63, 3.8) is 0 Å². The predicted octanol–water partition coefficient (Wildman–Crippen LogP) is 2.62. The van der Waals surface area contributed by atoms with Crippen LogP contribution in [-0.4, -0.2) is 40.2 Å². The molecule has 2 aromatic heterocycles. The zero-order valence-corrected chi connectivity index (χ0v) is 13.6. The topological polar surface area (TPSA) is 79.5 Å². The highest BCUT2D eigenvalue weighted by Gasteiger charge is 2.71. The fourth-order valence-corrected chi connectivity index (χ4v) is 3.55. The van der Waals surface area contributed by atoms with E-state index < -0.39 is 23.7 Å². The highest BCUT2D eigenvalue weighted by molar-refractivity contribution is 5.84. The average Bonchev–Trinajstić information content (AvgIpc) is 3.05. The van der Waals surface area contributed by atoms with Crippen molar-refractivity contribution >= 4 is 11.8 Å². The van der Waals surface area contributed by atoms with Crippen LogP contribution >= 0.6 is 0 Å². The molecule has 2 fully saturated rings. The zero-order chi connectivity index (χ0) is 17.8. The van der Waals surface area contributed by atoms with Gasteiger partial charge in [0.25, 0.3) is 5.92 Å². The molecule has 2 unspecified atom stereocenters. The number of aryl methyl sites for hydroxylation is 1. The molecule has 1 aliphatic carbocycles. The Kier molecular flexibility index (Phi) is 3.52. The van der Waals surface area contributed by atoms with Crippen LogP contribution in [0.1, 0.15) is 34.4 Å². The molecule has 0 bridgehead atoms. The Morgan fingerprint density at radius 1 is 1.40 bits per heavy atom. The first-order chi connectivity index (χ1) is 11.9. The Labute approximate surface area is 142 Å². The molecule has 1 aliphatic heterocycles. The molecule has 0 radical (unpaired) electrons. The Hall–Kier alpha value is -2.51. The first-order valence-corrected chi connectivity index (χ1v) is 8.20. The molecule has 1 N–H and O–H groups in total. The smallest absolute Gasteiger partial charge is 0.374 e. The van der Waals surface area contributed by atoms with Gasteiger partial charge in [-0.3, -0.25) is 0 Å². The minimum Gasteiger partial charge on any atom is -0.475 e. The van der Waals surface area contributed by atoms with Crippen LogP contribution in [0.15, 0.2) is 22.7 Å². The molecule has 2 atom stereocenters. The van der Waals surface area contributed by atoms with E-state index >= 15 is 0 Å². The molecule has 4 rings (SSSR count). The highest BCUT2D eigenvalue weighted by atomic mass is 19.3. The number of nitrogens with zero attached hydrogens (tertiary/aromatic N) is 3.